The van der Waals surface area contributed by atoms with Gasteiger partial charge in [0.15, 0.2) is 0 Å². The second-order valence-corrected chi connectivity index (χ2v) is 9.61. The van der Waals surface area contributed by atoms with Crippen molar-refractivity contribution in [1.82, 2.24) is 29.4 Å². The Balaban J connectivity index is 1.28. The third-order valence-electron chi connectivity index (χ3n) is 7.01. The van der Waals surface area contributed by atoms with Crippen molar-refractivity contribution < 1.29 is 4.79 Å². The Kier molecular flexibility index (Phi) is 7.71. The molecule has 1 amide bonds. The average molecular weight is 487 g/mol. The highest BCUT2D eigenvalue weighted by Crippen LogP contribution is 2.16. The highest BCUT2D eigenvalue weighted by Gasteiger charge is 2.17. The lowest BCUT2D eigenvalue weighted by molar-refractivity contribution is -0.121. The molecule has 1 aliphatic rings. The monoisotopic (exact) mass is 486 g/mol. The molecule has 3 heterocycles. The molecule has 0 bridgehead atoms. The Hall–Kier alpha value is -3.52. The van der Waals surface area contributed by atoms with E-state index in [0.29, 0.717) is 42.9 Å². The van der Waals surface area contributed by atoms with Gasteiger partial charge in [-0.1, -0.05) is 55.3 Å². The van der Waals surface area contributed by atoms with Crippen molar-refractivity contribution in [1.29, 1.82) is 0 Å². The van der Waals surface area contributed by atoms with Crippen molar-refractivity contribution in [2.75, 3.05) is 26.2 Å². The number of nitrogens with zero attached hydrogens (tertiary/aromatic N) is 5. The molecule has 5 rings (SSSR count). The first-order valence-corrected chi connectivity index (χ1v) is 13.1. The maximum absolute atomic E-state index is 13.3. The SMILES string of the molecule is O=C(CCc1nnc2n(Cc3ccccc3)c(=O)c3ccccc3n12)NCCCN1CCCCCC1. The number of rotatable bonds is 9. The van der Waals surface area contributed by atoms with Crippen LogP contribution in [0.4, 0.5) is 0 Å². The van der Waals surface area contributed by atoms with E-state index in [1.165, 1.54) is 38.8 Å². The van der Waals surface area contributed by atoms with Gasteiger partial charge in [0.25, 0.3) is 5.56 Å². The van der Waals surface area contributed by atoms with E-state index in [-0.39, 0.29) is 11.5 Å². The van der Waals surface area contributed by atoms with Gasteiger partial charge < -0.3 is 10.2 Å². The van der Waals surface area contributed by atoms with E-state index in [2.05, 4.69) is 20.4 Å². The van der Waals surface area contributed by atoms with Crippen LogP contribution in [0, 0.1) is 0 Å². The first-order valence-electron chi connectivity index (χ1n) is 13.1. The highest BCUT2D eigenvalue weighted by atomic mass is 16.1. The van der Waals surface area contributed by atoms with Crippen LogP contribution < -0.4 is 10.9 Å². The summed E-state index contributed by atoms with van der Waals surface area (Å²) < 4.78 is 3.59. The van der Waals surface area contributed by atoms with Crippen LogP contribution in [0.3, 0.4) is 0 Å². The molecule has 0 aliphatic carbocycles. The first kappa shape index (κ1) is 24.2. The van der Waals surface area contributed by atoms with Crippen molar-refractivity contribution >= 4 is 22.6 Å². The molecule has 1 N–H and O–H groups in total. The Morgan fingerprint density at radius 1 is 0.917 bits per heavy atom. The summed E-state index contributed by atoms with van der Waals surface area (Å²) in [6.07, 6.45) is 6.99. The quantitative estimate of drug-likeness (QED) is 0.367. The average Bonchev–Trinajstić information content (AvgIpc) is 3.16. The maximum atomic E-state index is 13.3. The molecule has 1 aliphatic heterocycles. The molecular weight excluding hydrogens is 452 g/mol. The summed E-state index contributed by atoms with van der Waals surface area (Å²) >= 11 is 0. The van der Waals surface area contributed by atoms with Gasteiger partial charge in [0.05, 0.1) is 17.4 Å². The summed E-state index contributed by atoms with van der Waals surface area (Å²) in [6.45, 7) is 4.49. The number of amides is 1. The van der Waals surface area contributed by atoms with Crippen LogP contribution in [0.2, 0.25) is 0 Å². The van der Waals surface area contributed by atoms with Gasteiger partial charge in [0, 0.05) is 19.4 Å². The fourth-order valence-electron chi connectivity index (χ4n) is 5.09. The van der Waals surface area contributed by atoms with Crippen LogP contribution in [0.5, 0.6) is 0 Å². The van der Waals surface area contributed by atoms with Crippen molar-refractivity contribution in [2.24, 2.45) is 0 Å². The summed E-state index contributed by atoms with van der Waals surface area (Å²) in [5.41, 5.74) is 1.68. The molecule has 36 heavy (non-hydrogen) atoms. The fraction of sp³-hybridized carbons (Fsp3) is 0.429. The normalized spacial score (nSPS) is 14.8. The zero-order chi connectivity index (χ0) is 24.7. The van der Waals surface area contributed by atoms with Gasteiger partial charge in [-0.3, -0.25) is 18.6 Å². The number of likely N-dealkylation sites (tertiary alicyclic amines) is 1. The molecule has 0 radical (unpaired) electrons. The van der Waals surface area contributed by atoms with Gasteiger partial charge in [0.1, 0.15) is 5.82 Å². The summed E-state index contributed by atoms with van der Waals surface area (Å²) in [7, 11) is 0. The predicted octanol–water partition coefficient (Wildman–Crippen LogP) is 3.41. The van der Waals surface area contributed by atoms with Gasteiger partial charge >= 0.3 is 0 Å². The van der Waals surface area contributed by atoms with Crippen LogP contribution in [-0.2, 0) is 17.8 Å². The molecule has 1 saturated heterocycles. The molecule has 0 spiro atoms. The molecule has 0 atom stereocenters. The van der Waals surface area contributed by atoms with Crippen LogP contribution >= 0.6 is 0 Å². The Labute approximate surface area is 210 Å². The molecule has 8 nitrogen and oxygen atoms in total. The van der Waals surface area contributed by atoms with E-state index in [9.17, 15) is 9.59 Å². The van der Waals surface area contributed by atoms with Gasteiger partial charge in [-0.2, -0.15) is 0 Å². The lowest BCUT2D eigenvalue weighted by Gasteiger charge is -2.19. The second kappa shape index (κ2) is 11.5. The number of carbonyl (C=O) groups is 1. The van der Waals surface area contributed by atoms with E-state index >= 15 is 0 Å². The van der Waals surface area contributed by atoms with E-state index in [1.54, 1.807) is 4.57 Å². The number of fused-ring (bicyclic) bond motifs is 3. The Morgan fingerprint density at radius 3 is 2.47 bits per heavy atom. The van der Waals surface area contributed by atoms with Crippen molar-refractivity contribution in [3.8, 4) is 0 Å². The molecule has 2 aromatic heterocycles. The van der Waals surface area contributed by atoms with Gasteiger partial charge in [-0.05, 0) is 56.6 Å². The number of aromatic nitrogens is 4. The van der Waals surface area contributed by atoms with Gasteiger partial charge in [0.2, 0.25) is 11.7 Å². The van der Waals surface area contributed by atoms with E-state index in [0.717, 1.165) is 24.0 Å². The lowest BCUT2D eigenvalue weighted by Crippen LogP contribution is -2.30. The van der Waals surface area contributed by atoms with Crippen LogP contribution in [0.15, 0.2) is 59.4 Å². The van der Waals surface area contributed by atoms with Crippen molar-refractivity contribution in [3.63, 3.8) is 0 Å². The summed E-state index contributed by atoms with van der Waals surface area (Å²) in [5.74, 6) is 1.20. The van der Waals surface area contributed by atoms with Crippen LogP contribution in [-0.4, -0.2) is 56.2 Å². The summed E-state index contributed by atoms with van der Waals surface area (Å²) in [6, 6.07) is 17.4. The smallest absolute Gasteiger partial charge is 0.263 e. The Morgan fingerprint density at radius 2 is 1.67 bits per heavy atom. The molecule has 8 heteroatoms. The highest BCUT2D eigenvalue weighted by molar-refractivity contribution is 5.80. The number of para-hydroxylation sites is 1. The number of hydrogen-bond donors (Lipinski definition) is 1. The van der Waals surface area contributed by atoms with E-state index < -0.39 is 0 Å². The number of carbonyl (C=O) groups excluding carboxylic acids is 1. The largest absolute Gasteiger partial charge is 0.356 e. The topological polar surface area (TPSA) is 84.5 Å². The summed E-state index contributed by atoms with van der Waals surface area (Å²) in [5, 5.41) is 12.4. The minimum atomic E-state index is -0.0944. The number of nitrogens with one attached hydrogen (secondary N) is 1. The lowest BCUT2D eigenvalue weighted by atomic mass is 10.2. The molecule has 2 aromatic carbocycles. The van der Waals surface area contributed by atoms with Crippen LogP contribution in [0.1, 0.15) is 49.9 Å². The first-order chi connectivity index (χ1) is 17.7. The second-order valence-electron chi connectivity index (χ2n) is 9.61. The molecule has 1 fully saturated rings. The number of hydrogen-bond acceptors (Lipinski definition) is 5. The Bertz CT molecular complexity index is 1370. The zero-order valence-electron chi connectivity index (χ0n) is 20.7. The zero-order valence-corrected chi connectivity index (χ0v) is 20.7. The molecule has 0 saturated carbocycles. The maximum Gasteiger partial charge on any atom is 0.263 e. The van der Waals surface area contributed by atoms with Crippen molar-refractivity contribution in [2.45, 2.75) is 51.5 Å². The van der Waals surface area contributed by atoms with E-state index in [1.807, 2.05) is 59.0 Å². The third kappa shape index (κ3) is 5.49. The number of benzene rings is 2. The van der Waals surface area contributed by atoms with Gasteiger partial charge in [-0.25, -0.2) is 0 Å². The minimum absolute atomic E-state index is 0.0181. The third-order valence-corrected chi connectivity index (χ3v) is 7.01. The summed E-state index contributed by atoms with van der Waals surface area (Å²) in [4.78, 5) is 28.4. The van der Waals surface area contributed by atoms with Crippen LogP contribution in [0.25, 0.3) is 16.7 Å². The molecule has 0 unspecified atom stereocenters. The molecular formula is C28H34N6O2. The fourth-order valence-corrected chi connectivity index (χ4v) is 5.09. The standard InChI is InChI=1S/C28H34N6O2/c35-26(29-17-10-20-32-18-8-1-2-9-19-32)16-15-25-30-31-28-33(21-22-11-4-3-5-12-22)27(36)23-13-6-7-14-24(23)34(25)28/h3-7,11-14H,1-2,8-10,15-21H2,(H,29,35). The molecule has 188 valence electrons. The number of aryl methyl sites for hydroxylation is 1. The van der Waals surface area contributed by atoms with Gasteiger partial charge in [-0.15, -0.1) is 10.2 Å². The molecule has 4 aromatic rings. The van der Waals surface area contributed by atoms with E-state index in [4.69, 9.17) is 0 Å². The van der Waals surface area contributed by atoms with Crippen molar-refractivity contribution in [3.05, 3.63) is 76.3 Å². The minimum Gasteiger partial charge on any atom is -0.356 e. The predicted molar refractivity (Wildman–Crippen MR) is 141 cm³/mol.